The van der Waals surface area contributed by atoms with Crippen molar-refractivity contribution in [1.82, 2.24) is 19.5 Å². The Balaban J connectivity index is 1.63. The fourth-order valence-electron chi connectivity index (χ4n) is 2.80. The number of fused-ring (bicyclic) bond motifs is 1. The van der Waals surface area contributed by atoms with Gasteiger partial charge in [0.2, 0.25) is 0 Å². The van der Waals surface area contributed by atoms with Crippen molar-refractivity contribution in [3.63, 3.8) is 0 Å². The summed E-state index contributed by atoms with van der Waals surface area (Å²) in [5, 5.41) is 12.4. The number of halogens is 1. The van der Waals surface area contributed by atoms with Crippen LogP contribution in [0.15, 0.2) is 30.6 Å². The van der Waals surface area contributed by atoms with Gasteiger partial charge in [0.1, 0.15) is 12.0 Å². The fraction of sp³-hybridized carbons (Fsp3) is 0.312. The molecule has 4 rings (SSSR count). The smallest absolute Gasteiger partial charge is 0.312 e. The second kappa shape index (κ2) is 6.04. The molecule has 8 heteroatoms. The second-order valence-corrected chi connectivity index (χ2v) is 5.65. The molecule has 0 bridgehead atoms. The summed E-state index contributed by atoms with van der Waals surface area (Å²) in [4.78, 5) is 12.0. The van der Waals surface area contributed by atoms with Crippen LogP contribution in [0.3, 0.4) is 0 Å². The number of hydrogen-bond acceptors (Lipinski definition) is 6. The van der Waals surface area contributed by atoms with E-state index in [1.54, 1.807) is 35.2 Å². The minimum absolute atomic E-state index is 0.158. The lowest BCUT2D eigenvalue weighted by atomic mass is 10.2. The molecule has 0 amide bonds. The number of hydrogen-bond donors (Lipinski definition) is 2. The molecule has 24 heavy (non-hydrogen) atoms. The van der Waals surface area contributed by atoms with E-state index in [1.807, 2.05) is 0 Å². The molecule has 124 valence electrons. The van der Waals surface area contributed by atoms with Crippen molar-refractivity contribution in [2.75, 3.05) is 11.9 Å². The van der Waals surface area contributed by atoms with Crippen LogP contribution in [0.4, 0.5) is 10.2 Å². The second-order valence-electron chi connectivity index (χ2n) is 5.65. The number of rotatable bonds is 4. The molecule has 0 aliphatic carbocycles. The summed E-state index contributed by atoms with van der Waals surface area (Å²) in [5.41, 5.74) is 1.85. The van der Waals surface area contributed by atoms with Gasteiger partial charge in [0.25, 0.3) is 0 Å². The highest BCUT2D eigenvalue weighted by Gasteiger charge is 2.22. The van der Waals surface area contributed by atoms with E-state index in [0.29, 0.717) is 30.1 Å². The molecule has 1 atom stereocenters. The molecule has 1 aromatic carbocycles. The van der Waals surface area contributed by atoms with E-state index < -0.39 is 6.08 Å². The van der Waals surface area contributed by atoms with Gasteiger partial charge in [0, 0.05) is 13.2 Å². The first kappa shape index (κ1) is 14.8. The number of nitrogens with one attached hydrogen (secondary N) is 1. The lowest BCUT2D eigenvalue weighted by Crippen LogP contribution is -2.09. The van der Waals surface area contributed by atoms with E-state index in [4.69, 9.17) is 4.74 Å². The number of anilines is 1. The van der Waals surface area contributed by atoms with Crippen LogP contribution in [0.1, 0.15) is 24.6 Å². The minimum Gasteiger partial charge on any atom is -0.508 e. The topological polar surface area (TPSA) is 85.1 Å². The number of ether oxygens (including phenoxy) is 1. The number of nitrogens with zero attached hydrogens (tertiary/aromatic N) is 4. The Kier molecular flexibility index (Phi) is 3.73. The van der Waals surface area contributed by atoms with Crippen molar-refractivity contribution >= 4 is 17.0 Å². The van der Waals surface area contributed by atoms with Crippen LogP contribution in [0.25, 0.3) is 11.2 Å². The van der Waals surface area contributed by atoms with E-state index in [-0.39, 0.29) is 12.0 Å². The molecule has 1 fully saturated rings. The van der Waals surface area contributed by atoms with Gasteiger partial charge < -0.3 is 15.2 Å². The average molecular weight is 329 g/mol. The Morgan fingerprint density at radius 3 is 2.88 bits per heavy atom. The number of phenols is 1. The number of phenolic OH excluding ortho intramolecular Hbond substituents is 1. The molecule has 3 heterocycles. The molecule has 2 aromatic heterocycles. The third-order valence-electron chi connectivity index (χ3n) is 4.01. The molecular weight excluding hydrogens is 313 g/mol. The van der Waals surface area contributed by atoms with E-state index in [0.717, 1.165) is 18.4 Å². The molecule has 3 aromatic rings. The van der Waals surface area contributed by atoms with Crippen LogP contribution in [0.5, 0.6) is 5.75 Å². The van der Waals surface area contributed by atoms with E-state index in [2.05, 4.69) is 20.3 Å². The van der Waals surface area contributed by atoms with Crippen molar-refractivity contribution in [2.24, 2.45) is 0 Å². The molecule has 2 N–H and O–H groups in total. The molecule has 1 saturated heterocycles. The Hall–Kier alpha value is -2.74. The van der Waals surface area contributed by atoms with E-state index >= 15 is 0 Å². The van der Waals surface area contributed by atoms with Gasteiger partial charge in [-0.1, -0.05) is 12.1 Å². The van der Waals surface area contributed by atoms with Gasteiger partial charge in [-0.25, -0.2) is 4.98 Å². The number of benzene rings is 1. The summed E-state index contributed by atoms with van der Waals surface area (Å²) in [6.45, 7) is 1.11. The number of aromatic hydroxyl groups is 1. The van der Waals surface area contributed by atoms with E-state index in [9.17, 15) is 9.50 Å². The first-order valence-corrected chi connectivity index (χ1v) is 7.74. The standard InChI is InChI=1S/C16H16FN5O2/c17-16-20-14(18-8-10-3-5-11(23)6-4-10)13-15(21-16)22(9-19-13)12-2-1-7-24-12/h3-6,9,12,23H,1-2,7-8H2,(H,18,20,21). The first-order chi connectivity index (χ1) is 11.7. The number of imidazole rings is 1. The zero-order valence-corrected chi connectivity index (χ0v) is 12.8. The van der Waals surface area contributed by atoms with Gasteiger partial charge in [-0.05, 0) is 30.5 Å². The van der Waals surface area contributed by atoms with Gasteiger partial charge in [-0.15, -0.1) is 0 Å². The highest BCUT2D eigenvalue weighted by molar-refractivity contribution is 5.82. The molecular formula is C16H16FN5O2. The highest BCUT2D eigenvalue weighted by Crippen LogP contribution is 2.28. The Morgan fingerprint density at radius 1 is 1.29 bits per heavy atom. The Labute approximate surface area is 137 Å². The number of aromatic nitrogens is 4. The molecule has 1 aliphatic heterocycles. The maximum Gasteiger partial charge on any atom is 0.312 e. The Bertz CT molecular complexity index is 859. The van der Waals surface area contributed by atoms with Crippen molar-refractivity contribution < 1.29 is 14.2 Å². The molecule has 0 spiro atoms. The van der Waals surface area contributed by atoms with Crippen LogP contribution in [0, 0.1) is 6.08 Å². The van der Waals surface area contributed by atoms with Crippen molar-refractivity contribution in [3.05, 3.63) is 42.2 Å². The monoisotopic (exact) mass is 329 g/mol. The van der Waals surface area contributed by atoms with Gasteiger partial charge >= 0.3 is 6.08 Å². The van der Waals surface area contributed by atoms with Crippen LogP contribution < -0.4 is 5.32 Å². The average Bonchev–Trinajstić information content (AvgIpc) is 3.22. The summed E-state index contributed by atoms with van der Waals surface area (Å²) in [6.07, 6.45) is 2.46. The van der Waals surface area contributed by atoms with Crippen molar-refractivity contribution in [2.45, 2.75) is 25.6 Å². The van der Waals surface area contributed by atoms with Gasteiger partial charge in [0.05, 0.1) is 6.33 Å². The van der Waals surface area contributed by atoms with Crippen LogP contribution in [-0.4, -0.2) is 31.2 Å². The van der Waals surface area contributed by atoms with Crippen molar-refractivity contribution in [1.29, 1.82) is 0 Å². The summed E-state index contributed by atoms with van der Waals surface area (Å²) in [6, 6.07) is 6.75. The molecule has 7 nitrogen and oxygen atoms in total. The van der Waals surface area contributed by atoms with Gasteiger partial charge in [0.15, 0.2) is 17.0 Å². The molecule has 0 radical (unpaired) electrons. The minimum atomic E-state index is -0.810. The fourth-order valence-corrected chi connectivity index (χ4v) is 2.80. The Morgan fingerprint density at radius 2 is 2.12 bits per heavy atom. The summed E-state index contributed by atoms with van der Waals surface area (Å²) in [7, 11) is 0. The van der Waals surface area contributed by atoms with Crippen LogP contribution in [-0.2, 0) is 11.3 Å². The maximum atomic E-state index is 13.8. The summed E-state index contributed by atoms with van der Waals surface area (Å²) < 4.78 is 21.2. The lowest BCUT2D eigenvalue weighted by Gasteiger charge is -2.12. The predicted molar refractivity (Wildman–Crippen MR) is 84.9 cm³/mol. The normalized spacial score (nSPS) is 17.5. The lowest BCUT2D eigenvalue weighted by molar-refractivity contribution is 0.0592. The van der Waals surface area contributed by atoms with Gasteiger partial charge in [-0.2, -0.15) is 14.4 Å². The quantitative estimate of drug-likeness (QED) is 0.716. The van der Waals surface area contributed by atoms with Crippen LogP contribution in [0.2, 0.25) is 0 Å². The zero-order chi connectivity index (χ0) is 16.5. The van der Waals surface area contributed by atoms with E-state index in [1.165, 1.54) is 0 Å². The van der Waals surface area contributed by atoms with Crippen molar-refractivity contribution in [3.8, 4) is 5.75 Å². The largest absolute Gasteiger partial charge is 0.508 e. The third-order valence-corrected chi connectivity index (χ3v) is 4.01. The maximum absolute atomic E-state index is 13.8. The zero-order valence-electron chi connectivity index (χ0n) is 12.8. The summed E-state index contributed by atoms with van der Waals surface area (Å²) in [5.74, 6) is 0.534. The SMILES string of the molecule is Oc1ccc(CNc2nc(F)nc3c2ncn3C2CCCO2)cc1. The molecule has 1 unspecified atom stereocenters. The third kappa shape index (κ3) is 2.76. The predicted octanol–water partition coefficient (Wildman–Crippen LogP) is 2.59. The molecule has 0 saturated carbocycles. The molecule has 1 aliphatic rings. The first-order valence-electron chi connectivity index (χ1n) is 7.74. The van der Waals surface area contributed by atoms with Crippen LogP contribution >= 0.6 is 0 Å². The summed E-state index contributed by atoms with van der Waals surface area (Å²) >= 11 is 0. The highest BCUT2D eigenvalue weighted by atomic mass is 19.1. The van der Waals surface area contributed by atoms with Gasteiger partial charge in [-0.3, -0.25) is 4.57 Å².